The molecular formula is C15H17N5O3. The van der Waals surface area contributed by atoms with Crippen molar-refractivity contribution in [1.29, 1.82) is 0 Å². The lowest BCUT2D eigenvalue weighted by Gasteiger charge is -2.12. The van der Waals surface area contributed by atoms with Crippen LogP contribution in [0.4, 0.5) is 17.5 Å². The Kier molecular flexibility index (Phi) is 3.32. The molecule has 2 heterocycles. The molecule has 0 radical (unpaired) electrons. The molecule has 0 atom stereocenters. The van der Waals surface area contributed by atoms with E-state index in [0.29, 0.717) is 17.3 Å². The van der Waals surface area contributed by atoms with E-state index in [1.165, 1.54) is 12.1 Å². The van der Waals surface area contributed by atoms with Crippen LogP contribution in [0.1, 0.15) is 26.5 Å². The Labute approximate surface area is 132 Å². The maximum Gasteiger partial charge on any atom is 0.271 e. The summed E-state index contributed by atoms with van der Waals surface area (Å²) < 4.78 is 7.14. The first-order valence-corrected chi connectivity index (χ1v) is 7.11. The third kappa shape index (κ3) is 2.75. The van der Waals surface area contributed by atoms with E-state index in [1.54, 1.807) is 6.07 Å². The van der Waals surface area contributed by atoms with E-state index in [2.05, 4.69) is 15.5 Å². The van der Waals surface area contributed by atoms with Gasteiger partial charge in [0.25, 0.3) is 5.69 Å². The van der Waals surface area contributed by atoms with Gasteiger partial charge in [0.2, 0.25) is 5.95 Å². The number of aromatic nitrogens is 3. The highest BCUT2D eigenvalue weighted by Crippen LogP contribution is 2.27. The Hall–Kier alpha value is -2.90. The third-order valence-electron chi connectivity index (χ3n) is 3.56. The molecule has 0 aliphatic heterocycles. The smallest absolute Gasteiger partial charge is 0.271 e. The quantitative estimate of drug-likeness (QED) is 0.586. The van der Waals surface area contributed by atoms with E-state index in [1.807, 2.05) is 38.5 Å². The number of hydrogen-bond donors (Lipinski definition) is 1. The SMILES string of the molecule is Cn1c(Nc2cc(C(C)(C)C)on2)nc2cc([N+](=O)[O-])ccc21. The van der Waals surface area contributed by atoms with Gasteiger partial charge in [-0.25, -0.2) is 4.98 Å². The second-order valence-corrected chi connectivity index (χ2v) is 6.38. The summed E-state index contributed by atoms with van der Waals surface area (Å²) in [6, 6.07) is 6.41. The molecular weight excluding hydrogens is 298 g/mol. The number of aryl methyl sites for hydroxylation is 1. The van der Waals surface area contributed by atoms with Crippen molar-refractivity contribution in [1.82, 2.24) is 14.7 Å². The molecule has 8 nitrogen and oxygen atoms in total. The Bertz CT molecular complexity index is 888. The van der Waals surface area contributed by atoms with Gasteiger partial charge in [-0.1, -0.05) is 25.9 Å². The van der Waals surface area contributed by atoms with Gasteiger partial charge in [0.1, 0.15) is 5.76 Å². The third-order valence-corrected chi connectivity index (χ3v) is 3.56. The maximum absolute atomic E-state index is 10.9. The number of anilines is 2. The van der Waals surface area contributed by atoms with Gasteiger partial charge in [-0.15, -0.1) is 0 Å². The van der Waals surface area contributed by atoms with E-state index in [4.69, 9.17) is 4.52 Å². The van der Waals surface area contributed by atoms with Gasteiger partial charge < -0.3 is 14.4 Å². The maximum atomic E-state index is 10.9. The van der Waals surface area contributed by atoms with Crippen LogP contribution < -0.4 is 5.32 Å². The first-order chi connectivity index (χ1) is 10.8. The van der Waals surface area contributed by atoms with Crippen LogP contribution in [-0.2, 0) is 12.5 Å². The van der Waals surface area contributed by atoms with E-state index < -0.39 is 4.92 Å². The Morgan fingerprint density at radius 3 is 2.65 bits per heavy atom. The summed E-state index contributed by atoms with van der Waals surface area (Å²) in [6.45, 7) is 6.10. The standard InChI is InChI=1S/C15H17N5O3/c1-15(2,3)12-8-13(18-23-12)17-14-16-10-7-9(20(21)22)5-6-11(10)19(14)4/h5-8H,1-4H3,(H,16,17,18). The van der Waals surface area contributed by atoms with Gasteiger partial charge in [-0.05, 0) is 6.07 Å². The van der Waals surface area contributed by atoms with Gasteiger partial charge >= 0.3 is 0 Å². The molecule has 0 spiro atoms. The Balaban J connectivity index is 1.95. The van der Waals surface area contributed by atoms with Gasteiger partial charge in [-0.3, -0.25) is 10.1 Å². The first kappa shape index (κ1) is 15.0. The molecule has 3 rings (SSSR count). The van der Waals surface area contributed by atoms with Crippen LogP contribution in [0.5, 0.6) is 0 Å². The number of hydrogen-bond acceptors (Lipinski definition) is 6. The molecule has 0 amide bonds. The molecule has 2 aromatic heterocycles. The summed E-state index contributed by atoms with van der Waals surface area (Å²) in [5, 5.41) is 17.9. The van der Waals surface area contributed by atoms with Crippen molar-refractivity contribution in [3.05, 3.63) is 40.1 Å². The average Bonchev–Trinajstić information content (AvgIpc) is 3.05. The highest BCUT2D eigenvalue weighted by atomic mass is 16.6. The highest BCUT2D eigenvalue weighted by Gasteiger charge is 2.20. The Morgan fingerprint density at radius 1 is 1.30 bits per heavy atom. The largest absolute Gasteiger partial charge is 0.359 e. The molecule has 0 aliphatic carbocycles. The van der Waals surface area contributed by atoms with Crippen LogP contribution in [-0.4, -0.2) is 19.6 Å². The molecule has 23 heavy (non-hydrogen) atoms. The minimum atomic E-state index is -0.436. The van der Waals surface area contributed by atoms with Crippen molar-refractivity contribution in [3.8, 4) is 0 Å². The number of benzene rings is 1. The number of non-ortho nitro benzene ring substituents is 1. The van der Waals surface area contributed by atoms with E-state index >= 15 is 0 Å². The van der Waals surface area contributed by atoms with Crippen LogP contribution in [0.3, 0.4) is 0 Å². The average molecular weight is 315 g/mol. The molecule has 0 saturated heterocycles. The second-order valence-electron chi connectivity index (χ2n) is 6.38. The minimum Gasteiger partial charge on any atom is -0.359 e. The van der Waals surface area contributed by atoms with Gasteiger partial charge in [-0.2, -0.15) is 0 Å². The zero-order valence-corrected chi connectivity index (χ0v) is 13.3. The monoisotopic (exact) mass is 315 g/mol. The summed E-state index contributed by atoms with van der Waals surface area (Å²) >= 11 is 0. The Morgan fingerprint density at radius 2 is 2.04 bits per heavy atom. The second kappa shape index (κ2) is 5.08. The van der Waals surface area contributed by atoms with Gasteiger partial charge in [0.05, 0.1) is 16.0 Å². The lowest BCUT2D eigenvalue weighted by molar-refractivity contribution is -0.384. The number of fused-ring (bicyclic) bond motifs is 1. The van der Waals surface area contributed by atoms with Crippen LogP contribution >= 0.6 is 0 Å². The van der Waals surface area contributed by atoms with Gasteiger partial charge in [0.15, 0.2) is 5.82 Å². The molecule has 0 saturated carbocycles. The molecule has 120 valence electrons. The van der Waals surface area contributed by atoms with E-state index in [-0.39, 0.29) is 11.1 Å². The highest BCUT2D eigenvalue weighted by molar-refractivity contribution is 5.81. The molecule has 3 aromatic rings. The van der Waals surface area contributed by atoms with Crippen molar-refractivity contribution >= 4 is 28.5 Å². The van der Waals surface area contributed by atoms with Crippen molar-refractivity contribution in [2.75, 3.05) is 5.32 Å². The fourth-order valence-electron chi connectivity index (χ4n) is 2.22. The topological polar surface area (TPSA) is 99.0 Å². The van der Waals surface area contributed by atoms with E-state index in [0.717, 1.165) is 11.3 Å². The van der Waals surface area contributed by atoms with Crippen LogP contribution in [0.25, 0.3) is 11.0 Å². The number of imidazole rings is 1. The van der Waals surface area contributed by atoms with E-state index in [9.17, 15) is 10.1 Å². The number of nitro groups is 1. The molecule has 0 unspecified atom stereocenters. The first-order valence-electron chi connectivity index (χ1n) is 7.11. The van der Waals surface area contributed by atoms with Crippen molar-refractivity contribution < 1.29 is 9.45 Å². The molecule has 0 aliphatic rings. The predicted octanol–water partition coefficient (Wildman–Crippen LogP) is 3.51. The van der Waals surface area contributed by atoms with Crippen LogP contribution in [0.15, 0.2) is 28.8 Å². The molecule has 1 N–H and O–H groups in total. The molecule has 1 aromatic carbocycles. The fraction of sp³-hybridized carbons (Fsp3) is 0.333. The summed E-state index contributed by atoms with van der Waals surface area (Å²) in [6.07, 6.45) is 0. The van der Waals surface area contributed by atoms with Crippen LogP contribution in [0, 0.1) is 10.1 Å². The summed E-state index contributed by atoms with van der Waals surface area (Å²) in [7, 11) is 1.83. The van der Waals surface area contributed by atoms with Crippen molar-refractivity contribution in [3.63, 3.8) is 0 Å². The number of rotatable bonds is 3. The van der Waals surface area contributed by atoms with Crippen molar-refractivity contribution in [2.45, 2.75) is 26.2 Å². The van der Waals surface area contributed by atoms with Crippen LogP contribution in [0.2, 0.25) is 0 Å². The minimum absolute atomic E-state index is 0.0126. The van der Waals surface area contributed by atoms with Crippen molar-refractivity contribution in [2.24, 2.45) is 7.05 Å². The fourth-order valence-corrected chi connectivity index (χ4v) is 2.22. The lowest BCUT2D eigenvalue weighted by Crippen LogP contribution is -2.09. The zero-order valence-electron chi connectivity index (χ0n) is 13.3. The summed E-state index contributed by atoms with van der Waals surface area (Å²) in [5.41, 5.74) is 1.21. The zero-order chi connectivity index (χ0) is 16.8. The molecule has 0 fully saturated rings. The lowest BCUT2D eigenvalue weighted by atomic mass is 9.93. The number of nitrogens with one attached hydrogen (secondary N) is 1. The number of nitrogens with zero attached hydrogens (tertiary/aromatic N) is 4. The molecule has 0 bridgehead atoms. The number of nitro benzene ring substituents is 1. The van der Waals surface area contributed by atoms with Gasteiger partial charge in [0, 0.05) is 30.7 Å². The molecule has 8 heteroatoms. The predicted molar refractivity (Wildman–Crippen MR) is 85.9 cm³/mol. The summed E-state index contributed by atoms with van der Waals surface area (Å²) in [4.78, 5) is 14.8. The normalized spacial score (nSPS) is 11.8. The summed E-state index contributed by atoms with van der Waals surface area (Å²) in [5.74, 6) is 1.84.